The van der Waals surface area contributed by atoms with Crippen LogP contribution in [0.25, 0.3) is 0 Å². The predicted octanol–water partition coefficient (Wildman–Crippen LogP) is 2.26. The molecule has 0 N–H and O–H groups in total. The summed E-state index contributed by atoms with van der Waals surface area (Å²) in [5, 5.41) is 0. The van der Waals surface area contributed by atoms with Crippen molar-refractivity contribution in [1.29, 1.82) is 0 Å². The highest BCUT2D eigenvalue weighted by Gasteiger charge is 2.58. The lowest BCUT2D eigenvalue weighted by molar-refractivity contribution is -0.309. The fraction of sp³-hybridized carbons (Fsp3) is 0.636. The molecule has 0 spiro atoms. The summed E-state index contributed by atoms with van der Waals surface area (Å²) in [6, 6.07) is 0. The molecule has 1 saturated heterocycles. The van der Waals surface area contributed by atoms with Gasteiger partial charge in [-0.15, -0.1) is 0 Å². The van der Waals surface area contributed by atoms with E-state index in [0.29, 0.717) is 0 Å². The molecule has 1 heterocycles. The van der Waals surface area contributed by atoms with Crippen molar-refractivity contribution >= 4 is 11.9 Å². The molecule has 1 aliphatic rings. The van der Waals surface area contributed by atoms with Crippen LogP contribution in [-0.2, 0) is 23.8 Å². The molecule has 0 aromatic heterocycles. The number of carbonyl (C=O) groups is 2. The number of halogens is 6. The fourth-order valence-electron chi connectivity index (χ4n) is 1.36. The molecule has 0 aliphatic carbocycles. The summed E-state index contributed by atoms with van der Waals surface area (Å²) in [7, 11) is 0. The monoisotopic (exact) mass is 336 g/mol. The van der Waals surface area contributed by atoms with E-state index in [9.17, 15) is 35.9 Å². The van der Waals surface area contributed by atoms with Crippen molar-refractivity contribution in [3.05, 3.63) is 11.8 Å². The van der Waals surface area contributed by atoms with E-state index in [1.807, 2.05) is 0 Å². The van der Waals surface area contributed by atoms with Crippen LogP contribution in [-0.4, -0.2) is 43.1 Å². The Bertz CT molecular complexity index is 453. The Labute approximate surface area is 119 Å². The highest BCUT2D eigenvalue weighted by molar-refractivity contribution is 5.90. The van der Waals surface area contributed by atoms with Crippen molar-refractivity contribution in [3.8, 4) is 0 Å². The van der Waals surface area contributed by atoms with E-state index < -0.39 is 42.1 Å². The van der Waals surface area contributed by atoms with Crippen molar-refractivity contribution in [2.75, 3.05) is 6.61 Å². The minimum absolute atomic E-state index is 0.000261. The molecule has 0 saturated carbocycles. The molecule has 0 aromatic rings. The van der Waals surface area contributed by atoms with Gasteiger partial charge in [0.05, 0.1) is 18.4 Å². The van der Waals surface area contributed by atoms with Gasteiger partial charge >= 0.3 is 24.3 Å². The molecule has 5 nitrogen and oxygen atoms in total. The fourth-order valence-corrected chi connectivity index (χ4v) is 1.36. The van der Waals surface area contributed by atoms with Gasteiger partial charge in [-0.1, -0.05) is 0 Å². The Kier molecular flexibility index (Phi) is 5.30. The van der Waals surface area contributed by atoms with Gasteiger partial charge in [0.2, 0.25) is 6.10 Å². The predicted molar refractivity (Wildman–Crippen MR) is 56.2 cm³/mol. The molecular weight excluding hydrogens is 326 g/mol. The van der Waals surface area contributed by atoms with Crippen molar-refractivity contribution in [1.82, 2.24) is 0 Å². The normalized spacial score (nSPS) is 20.1. The van der Waals surface area contributed by atoms with E-state index in [1.54, 1.807) is 0 Å². The second-order valence-corrected chi connectivity index (χ2v) is 4.25. The highest BCUT2D eigenvalue weighted by atomic mass is 19.4. The number of ether oxygens (including phenoxy) is 3. The zero-order chi connectivity index (χ0) is 17.1. The van der Waals surface area contributed by atoms with E-state index in [-0.39, 0.29) is 19.3 Å². The molecule has 0 aromatic carbocycles. The van der Waals surface area contributed by atoms with Gasteiger partial charge in [-0.25, -0.2) is 9.59 Å². The molecule has 1 fully saturated rings. The van der Waals surface area contributed by atoms with Crippen LogP contribution in [0.1, 0.15) is 13.3 Å². The first kappa shape index (κ1) is 18.1. The van der Waals surface area contributed by atoms with Crippen LogP contribution >= 0.6 is 0 Å². The first-order valence-electron chi connectivity index (χ1n) is 5.76. The van der Waals surface area contributed by atoms with Crippen LogP contribution in [0.5, 0.6) is 0 Å². The van der Waals surface area contributed by atoms with Crippen LogP contribution in [0.2, 0.25) is 0 Å². The molecule has 11 heteroatoms. The maximum absolute atomic E-state index is 12.2. The summed E-state index contributed by atoms with van der Waals surface area (Å²) in [5.41, 5.74) is -0.668. The lowest BCUT2D eigenvalue weighted by atomic mass is 10.3. The molecule has 0 bridgehead atoms. The van der Waals surface area contributed by atoms with Crippen molar-refractivity contribution in [2.45, 2.75) is 37.9 Å². The topological polar surface area (TPSA) is 61.8 Å². The Morgan fingerprint density at radius 3 is 2.23 bits per heavy atom. The minimum Gasteiger partial charge on any atom is -0.479 e. The Hall–Kier alpha value is -1.94. The second-order valence-electron chi connectivity index (χ2n) is 4.25. The van der Waals surface area contributed by atoms with E-state index in [0.717, 1.165) is 6.92 Å². The van der Waals surface area contributed by atoms with Crippen LogP contribution in [0, 0.1) is 0 Å². The summed E-state index contributed by atoms with van der Waals surface area (Å²) in [6.07, 6.45) is -16.7. The number of alkyl halides is 6. The molecular formula is C11H10F6O5. The van der Waals surface area contributed by atoms with Gasteiger partial charge in [-0.05, 0) is 6.92 Å². The lowest BCUT2D eigenvalue weighted by Gasteiger charge is -2.22. The summed E-state index contributed by atoms with van der Waals surface area (Å²) in [5.74, 6) is -2.13. The zero-order valence-corrected chi connectivity index (χ0v) is 11.0. The molecule has 1 rings (SSSR count). The van der Waals surface area contributed by atoms with Crippen molar-refractivity contribution < 1.29 is 50.1 Å². The van der Waals surface area contributed by atoms with E-state index in [1.165, 1.54) is 0 Å². The standard InChI is InChI=1S/C11H10F6O5/c1-5(7(18)22-6-2-3-20-8(6)19)4-21-9(10(12,13)14)11(15,16)17/h4,6,9H,2-3H2,1H3/b5-4-. The third-order valence-corrected chi connectivity index (χ3v) is 2.43. The first-order valence-corrected chi connectivity index (χ1v) is 5.76. The maximum atomic E-state index is 12.2. The number of hydrogen-bond donors (Lipinski definition) is 0. The van der Waals surface area contributed by atoms with Gasteiger partial charge in [-0.3, -0.25) is 0 Å². The van der Waals surface area contributed by atoms with Gasteiger partial charge in [0.15, 0.2) is 0 Å². The summed E-state index contributed by atoms with van der Waals surface area (Å²) >= 11 is 0. The van der Waals surface area contributed by atoms with Gasteiger partial charge in [-0.2, -0.15) is 26.3 Å². The van der Waals surface area contributed by atoms with E-state index in [2.05, 4.69) is 14.2 Å². The second kappa shape index (κ2) is 6.44. The van der Waals surface area contributed by atoms with Crippen LogP contribution in [0.15, 0.2) is 11.8 Å². The van der Waals surface area contributed by atoms with E-state index in [4.69, 9.17) is 0 Å². The van der Waals surface area contributed by atoms with Crippen LogP contribution in [0.4, 0.5) is 26.3 Å². The molecule has 1 atom stereocenters. The molecule has 0 radical (unpaired) electrons. The Morgan fingerprint density at radius 1 is 1.27 bits per heavy atom. The van der Waals surface area contributed by atoms with Crippen LogP contribution in [0.3, 0.4) is 0 Å². The highest BCUT2D eigenvalue weighted by Crippen LogP contribution is 2.35. The van der Waals surface area contributed by atoms with Gasteiger partial charge in [0, 0.05) is 6.42 Å². The Balaban J connectivity index is 2.70. The van der Waals surface area contributed by atoms with Crippen molar-refractivity contribution in [2.24, 2.45) is 0 Å². The summed E-state index contributed by atoms with van der Waals surface area (Å²) in [4.78, 5) is 22.4. The summed E-state index contributed by atoms with van der Waals surface area (Å²) < 4.78 is 85.8. The molecule has 1 aliphatic heterocycles. The summed E-state index contributed by atoms with van der Waals surface area (Å²) in [6.45, 7) is 0.882. The number of rotatable bonds is 4. The largest absolute Gasteiger partial charge is 0.479 e. The maximum Gasteiger partial charge on any atom is 0.434 e. The molecule has 126 valence electrons. The molecule has 0 amide bonds. The third kappa shape index (κ3) is 4.81. The van der Waals surface area contributed by atoms with Crippen molar-refractivity contribution in [3.63, 3.8) is 0 Å². The number of carbonyl (C=O) groups excluding carboxylic acids is 2. The number of hydrogen-bond acceptors (Lipinski definition) is 5. The molecule has 1 unspecified atom stereocenters. The lowest BCUT2D eigenvalue weighted by Crippen LogP contribution is -2.43. The van der Waals surface area contributed by atoms with Gasteiger partial charge in [0.1, 0.15) is 0 Å². The third-order valence-electron chi connectivity index (χ3n) is 2.43. The van der Waals surface area contributed by atoms with Gasteiger partial charge in [0.25, 0.3) is 6.10 Å². The number of esters is 2. The van der Waals surface area contributed by atoms with Gasteiger partial charge < -0.3 is 14.2 Å². The quantitative estimate of drug-likeness (QED) is 0.341. The van der Waals surface area contributed by atoms with E-state index >= 15 is 0 Å². The average molecular weight is 336 g/mol. The smallest absolute Gasteiger partial charge is 0.434 e. The van der Waals surface area contributed by atoms with Crippen LogP contribution < -0.4 is 0 Å². The zero-order valence-electron chi connectivity index (χ0n) is 11.0. The molecule has 22 heavy (non-hydrogen) atoms. The first-order chi connectivity index (χ1) is 9.93. The minimum atomic E-state index is -5.70. The average Bonchev–Trinajstić information content (AvgIpc) is 2.71. The Morgan fingerprint density at radius 2 is 1.82 bits per heavy atom. The number of cyclic esters (lactones) is 1. The SMILES string of the molecule is C/C(=C/OC(C(F)(F)F)C(F)(F)F)C(=O)OC1CCOC1=O.